The number of hydrogen-bond acceptors (Lipinski definition) is 6. The predicted molar refractivity (Wildman–Crippen MR) is 102 cm³/mol. The topological polar surface area (TPSA) is 51.4 Å². The van der Waals surface area contributed by atoms with Gasteiger partial charge in [0.2, 0.25) is 5.89 Å². The van der Waals surface area contributed by atoms with Gasteiger partial charge in [-0.15, -0.1) is 11.3 Å². The molecule has 6 heteroatoms. The van der Waals surface area contributed by atoms with Crippen molar-refractivity contribution in [3.05, 3.63) is 52.8 Å². The van der Waals surface area contributed by atoms with E-state index in [1.54, 1.807) is 17.6 Å². The lowest BCUT2D eigenvalue weighted by Gasteiger charge is -2.19. The van der Waals surface area contributed by atoms with Gasteiger partial charge in [-0.25, -0.2) is 9.97 Å². The molecule has 5 nitrogen and oxygen atoms in total. The van der Waals surface area contributed by atoms with Crippen LogP contribution in [-0.4, -0.2) is 34.0 Å². The van der Waals surface area contributed by atoms with Crippen LogP contribution in [0.5, 0.6) is 5.75 Å². The molecule has 1 fully saturated rings. The summed E-state index contributed by atoms with van der Waals surface area (Å²) in [5.41, 5.74) is 4.74. The van der Waals surface area contributed by atoms with E-state index >= 15 is 0 Å². The monoisotopic (exact) mass is 369 g/mol. The lowest BCUT2D eigenvalue weighted by atomic mass is 10.2. The second-order valence-electron chi connectivity index (χ2n) is 6.71. The molecule has 0 saturated carbocycles. The first kappa shape index (κ1) is 17.2. The van der Waals surface area contributed by atoms with E-state index < -0.39 is 0 Å². The standard InChI is InChI=1S/C20H23N3O2S/c1-15-3-2-9-23(15)10-8-17-11-25-20(22-17)16-4-6-19(7-5-16)24-12-18-13-26-14-21-18/h4-7,11,13-15H,2-3,8-10,12H2,1H3/t15-/m1/s1. The van der Waals surface area contributed by atoms with E-state index in [-0.39, 0.29) is 0 Å². The van der Waals surface area contributed by atoms with E-state index in [4.69, 9.17) is 9.15 Å². The number of nitrogens with zero attached hydrogens (tertiary/aromatic N) is 3. The van der Waals surface area contributed by atoms with Crippen LogP contribution in [0.4, 0.5) is 0 Å². The van der Waals surface area contributed by atoms with E-state index in [0.717, 1.165) is 35.7 Å². The van der Waals surface area contributed by atoms with Crippen molar-refractivity contribution in [1.82, 2.24) is 14.9 Å². The fourth-order valence-corrected chi connectivity index (χ4v) is 3.84. The zero-order chi connectivity index (χ0) is 17.8. The van der Waals surface area contributed by atoms with Crippen LogP contribution in [0.15, 0.2) is 45.8 Å². The molecule has 26 heavy (non-hydrogen) atoms. The Morgan fingerprint density at radius 2 is 2.15 bits per heavy atom. The highest BCUT2D eigenvalue weighted by Gasteiger charge is 2.20. The molecule has 1 aliphatic heterocycles. The fourth-order valence-electron chi connectivity index (χ4n) is 3.30. The van der Waals surface area contributed by atoms with Crippen molar-refractivity contribution in [2.75, 3.05) is 13.1 Å². The minimum absolute atomic E-state index is 0.487. The molecule has 2 aromatic heterocycles. The van der Waals surface area contributed by atoms with Gasteiger partial charge in [-0.2, -0.15) is 0 Å². The van der Waals surface area contributed by atoms with Gasteiger partial charge in [0.15, 0.2) is 0 Å². The zero-order valence-corrected chi connectivity index (χ0v) is 15.7. The first-order valence-corrected chi connectivity index (χ1v) is 10.0. The number of oxazole rings is 1. The summed E-state index contributed by atoms with van der Waals surface area (Å²) in [6, 6.07) is 8.54. The van der Waals surface area contributed by atoms with Crippen molar-refractivity contribution in [1.29, 1.82) is 0 Å². The Labute approximate surface area is 157 Å². The van der Waals surface area contributed by atoms with Crippen LogP contribution in [0.1, 0.15) is 31.2 Å². The van der Waals surface area contributed by atoms with Gasteiger partial charge >= 0.3 is 0 Å². The third-order valence-corrected chi connectivity index (χ3v) is 5.50. The van der Waals surface area contributed by atoms with Crippen molar-refractivity contribution in [2.45, 2.75) is 38.8 Å². The van der Waals surface area contributed by atoms with Crippen molar-refractivity contribution >= 4 is 11.3 Å². The molecule has 0 bridgehead atoms. The Hall–Kier alpha value is -2.18. The molecule has 0 N–H and O–H groups in total. The van der Waals surface area contributed by atoms with Gasteiger partial charge in [-0.1, -0.05) is 0 Å². The van der Waals surface area contributed by atoms with Crippen LogP contribution in [0.2, 0.25) is 0 Å². The Morgan fingerprint density at radius 1 is 1.27 bits per heavy atom. The molecule has 1 aliphatic rings. The van der Waals surface area contributed by atoms with E-state index in [1.807, 2.05) is 35.2 Å². The molecular weight excluding hydrogens is 346 g/mol. The molecule has 136 valence electrons. The van der Waals surface area contributed by atoms with Crippen molar-refractivity contribution in [3.8, 4) is 17.2 Å². The van der Waals surface area contributed by atoms with Gasteiger partial charge in [0.1, 0.15) is 18.6 Å². The Morgan fingerprint density at radius 3 is 2.88 bits per heavy atom. The second-order valence-corrected chi connectivity index (χ2v) is 7.43. The predicted octanol–water partition coefficient (Wildman–Crippen LogP) is 4.40. The van der Waals surface area contributed by atoms with E-state index in [0.29, 0.717) is 18.5 Å². The van der Waals surface area contributed by atoms with E-state index in [1.165, 1.54) is 19.4 Å². The summed E-state index contributed by atoms with van der Waals surface area (Å²) in [6.07, 6.45) is 5.33. The molecule has 3 heterocycles. The maximum absolute atomic E-state index is 5.74. The number of rotatable bonds is 7. The molecular formula is C20H23N3O2S. The van der Waals surface area contributed by atoms with Crippen LogP contribution in [0.3, 0.4) is 0 Å². The maximum atomic E-state index is 5.74. The van der Waals surface area contributed by atoms with Gasteiger partial charge in [-0.05, 0) is 50.6 Å². The lowest BCUT2D eigenvalue weighted by Crippen LogP contribution is -2.29. The largest absolute Gasteiger partial charge is 0.487 e. The lowest BCUT2D eigenvalue weighted by molar-refractivity contribution is 0.271. The van der Waals surface area contributed by atoms with Crippen molar-refractivity contribution < 1.29 is 9.15 Å². The van der Waals surface area contributed by atoms with Crippen LogP contribution in [0.25, 0.3) is 11.5 Å². The minimum Gasteiger partial charge on any atom is -0.487 e. The van der Waals surface area contributed by atoms with Gasteiger partial charge in [0, 0.05) is 30.0 Å². The molecule has 0 amide bonds. The number of hydrogen-bond donors (Lipinski definition) is 0. The third-order valence-electron chi connectivity index (χ3n) is 4.87. The average Bonchev–Trinajstić information content (AvgIpc) is 3.41. The molecule has 1 saturated heterocycles. The summed E-state index contributed by atoms with van der Waals surface area (Å²) in [5, 5.41) is 1.99. The van der Waals surface area contributed by atoms with Gasteiger partial charge in [0.05, 0.1) is 16.9 Å². The highest BCUT2D eigenvalue weighted by atomic mass is 32.1. The fraction of sp³-hybridized carbons (Fsp3) is 0.400. The summed E-state index contributed by atoms with van der Waals surface area (Å²) >= 11 is 1.57. The summed E-state index contributed by atoms with van der Waals surface area (Å²) in [4.78, 5) is 11.4. The maximum Gasteiger partial charge on any atom is 0.226 e. The van der Waals surface area contributed by atoms with Crippen LogP contribution in [0, 0.1) is 0 Å². The number of thiazole rings is 1. The number of likely N-dealkylation sites (tertiary alicyclic amines) is 1. The van der Waals surface area contributed by atoms with Gasteiger partial charge < -0.3 is 14.1 Å². The Bertz CT molecular complexity index is 814. The summed E-state index contributed by atoms with van der Waals surface area (Å²) in [6.45, 7) is 5.05. The van der Waals surface area contributed by atoms with Crippen molar-refractivity contribution in [2.24, 2.45) is 0 Å². The highest BCUT2D eigenvalue weighted by molar-refractivity contribution is 7.07. The molecule has 4 rings (SSSR count). The van der Waals surface area contributed by atoms with E-state index in [9.17, 15) is 0 Å². The minimum atomic E-state index is 0.487. The normalized spacial score (nSPS) is 17.7. The van der Waals surface area contributed by atoms with Gasteiger partial charge in [0.25, 0.3) is 0 Å². The molecule has 0 aliphatic carbocycles. The highest BCUT2D eigenvalue weighted by Crippen LogP contribution is 2.23. The van der Waals surface area contributed by atoms with Gasteiger partial charge in [-0.3, -0.25) is 0 Å². The van der Waals surface area contributed by atoms with Crippen LogP contribution in [-0.2, 0) is 13.0 Å². The number of benzene rings is 1. The molecule has 0 radical (unpaired) electrons. The molecule has 0 unspecified atom stereocenters. The Balaban J connectivity index is 1.33. The van der Waals surface area contributed by atoms with Crippen molar-refractivity contribution in [3.63, 3.8) is 0 Å². The molecule has 1 aromatic carbocycles. The quantitative estimate of drug-likeness (QED) is 0.618. The molecule has 0 spiro atoms. The molecule has 3 aromatic rings. The van der Waals surface area contributed by atoms with Crippen LogP contribution < -0.4 is 4.74 Å². The SMILES string of the molecule is C[C@@H]1CCCN1CCc1coc(-c2ccc(OCc3cscn3)cc2)n1. The van der Waals surface area contributed by atoms with E-state index in [2.05, 4.69) is 21.8 Å². The smallest absolute Gasteiger partial charge is 0.226 e. The third kappa shape index (κ3) is 4.14. The molecule has 1 atom stereocenters. The van der Waals surface area contributed by atoms with Crippen LogP contribution >= 0.6 is 11.3 Å². The second kappa shape index (κ2) is 8.01. The zero-order valence-electron chi connectivity index (χ0n) is 14.9. The first-order valence-electron chi connectivity index (χ1n) is 9.07. The summed E-state index contributed by atoms with van der Waals surface area (Å²) in [7, 11) is 0. The number of aromatic nitrogens is 2. The summed E-state index contributed by atoms with van der Waals surface area (Å²) in [5.74, 6) is 1.48. The number of ether oxygens (including phenoxy) is 1. The summed E-state index contributed by atoms with van der Waals surface area (Å²) < 4.78 is 11.4. The Kier molecular flexibility index (Phi) is 5.32. The average molecular weight is 369 g/mol. The first-order chi connectivity index (χ1) is 12.8.